The molecule has 2 aliphatic carbocycles. The van der Waals surface area contributed by atoms with E-state index < -0.39 is 11.7 Å². The molecular weight excluding hydrogens is 443 g/mol. The number of cyclic esters (lactones) is 1. The largest absolute Gasteiger partial charge is 0.462 e. The van der Waals surface area contributed by atoms with Crippen molar-refractivity contribution in [3.05, 3.63) is 59.9 Å². The lowest BCUT2D eigenvalue weighted by Crippen LogP contribution is -2.44. The fourth-order valence-corrected chi connectivity index (χ4v) is 6.15. The van der Waals surface area contributed by atoms with Gasteiger partial charge in [0.25, 0.3) is 0 Å². The topological polar surface area (TPSA) is 56.3 Å². The number of allylic oxidation sites excluding steroid dienone is 1. The van der Waals surface area contributed by atoms with Gasteiger partial charge >= 0.3 is 12.1 Å². The molecule has 4 unspecified atom stereocenters. The Morgan fingerprint density at radius 2 is 1.94 bits per heavy atom. The molecule has 0 amide bonds. The van der Waals surface area contributed by atoms with Crippen LogP contribution in [0.1, 0.15) is 43.9 Å². The van der Waals surface area contributed by atoms with E-state index in [2.05, 4.69) is 11.1 Å². The van der Waals surface area contributed by atoms with Gasteiger partial charge in [-0.05, 0) is 67.4 Å². The third-order valence-corrected chi connectivity index (χ3v) is 7.77. The first kappa shape index (κ1) is 22.8. The molecule has 1 aromatic heterocycles. The van der Waals surface area contributed by atoms with Crippen LogP contribution in [0.4, 0.5) is 13.2 Å². The van der Waals surface area contributed by atoms with E-state index >= 15 is 0 Å². The molecule has 0 bridgehead atoms. The van der Waals surface area contributed by atoms with Crippen LogP contribution in [0.15, 0.2) is 48.7 Å². The molecule has 0 radical (unpaired) electrons. The summed E-state index contributed by atoms with van der Waals surface area (Å²) in [6.45, 7) is 1.93. The van der Waals surface area contributed by atoms with E-state index in [0.717, 1.165) is 25.0 Å². The highest BCUT2D eigenvalue weighted by molar-refractivity contribution is 5.80. The van der Waals surface area contributed by atoms with Crippen LogP contribution in [0, 0.1) is 29.6 Å². The van der Waals surface area contributed by atoms with Crippen molar-refractivity contribution in [2.75, 3.05) is 0 Å². The Kier molecular flexibility index (Phi) is 5.82. The molecule has 0 spiro atoms. The minimum atomic E-state index is -4.40. The van der Waals surface area contributed by atoms with Crippen LogP contribution in [0.5, 0.6) is 0 Å². The van der Waals surface area contributed by atoms with Crippen LogP contribution in [-0.2, 0) is 20.5 Å². The summed E-state index contributed by atoms with van der Waals surface area (Å²) in [5.41, 5.74) is 1.03. The first-order chi connectivity index (χ1) is 16.2. The Labute approximate surface area is 196 Å². The molecule has 3 fully saturated rings. The number of rotatable bonds is 3. The van der Waals surface area contributed by atoms with Crippen LogP contribution in [0.25, 0.3) is 17.2 Å². The van der Waals surface area contributed by atoms with Crippen molar-refractivity contribution < 1.29 is 27.5 Å². The summed E-state index contributed by atoms with van der Waals surface area (Å²) in [4.78, 5) is 29.1. The van der Waals surface area contributed by atoms with Gasteiger partial charge in [-0.2, -0.15) is 13.2 Å². The number of ketones is 1. The van der Waals surface area contributed by atoms with E-state index in [9.17, 15) is 22.8 Å². The van der Waals surface area contributed by atoms with Crippen LogP contribution in [0.2, 0.25) is 0 Å². The van der Waals surface area contributed by atoms with E-state index in [1.807, 2.05) is 13.0 Å². The molecule has 0 N–H and O–H groups in total. The smallest absolute Gasteiger partial charge is 0.416 e. The number of carbonyl (C=O) groups is 2. The summed E-state index contributed by atoms with van der Waals surface area (Å²) >= 11 is 0. The van der Waals surface area contributed by atoms with E-state index in [-0.39, 0.29) is 41.5 Å². The van der Waals surface area contributed by atoms with E-state index in [4.69, 9.17) is 4.74 Å². The van der Waals surface area contributed by atoms with Gasteiger partial charge < -0.3 is 4.74 Å². The average Bonchev–Trinajstić information content (AvgIpc) is 3.10. The predicted molar refractivity (Wildman–Crippen MR) is 120 cm³/mol. The van der Waals surface area contributed by atoms with E-state index in [0.29, 0.717) is 35.6 Å². The van der Waals surface area contributed by atoms with Gasteiger partial charge in [-0.1, -0.05) is 24.3 Å². The standard InChI is InChI=1S/C27H26F3NO3/c1-15-25-22(23-13-21(32)9-6-17(23)12-24(25)26(33)34-15)10-8-20-7-5-18(14-31-20)16-3-2-4-19(11-16)27(28,29)30/h2-5,7-8,10-11,14-15,17,22-25H,6,9,12-13H2,1H3/b10-8+/t15-,17?,22+,23?,24?,25?/m1/s1. The van der Waals surface area contributed by atoms with Crippen molar-refractivity contribution in [2.24, 2.45) is 29.6 Å². The maximum absolute atomic E-state index is 13.0. The maximum atomic E-state index is 13.0. The van der Waals surface area contributed by atoms with Crippen molar-refractivity contribution >= 4 is 17.8 Å². The van der Waals surface area contributed by atoms with Gasteiger partial charge in [-0.3, -0.25) is 14.6 Å². The Bertz CT molecular complexity index is 1120. The lowest BCUT2D eigenvalue weighted by atomic mass is 9.57. The number of pyridine rings is 1. The summed E-state index contributed by atoms with van der Waals surface area (Å²) in [6.07, 6.45) is 3.67. The molecule has 2 saturated carbocycles. The molecule has 2 aromatic rings. The zero-order valence-electron chi connectivity index (χ0n) is 18.8. The lowest BCUT2D eigenvalue weighted by Gasteiger charge is -2.45. The van der Waals surface area contributed by atoms with Gasteiger partial charge in [0.1, 0.15) is 11.9 Å². The molecule has 1 aliphatic heterocycles. The molecule has 5 rings (SSSR count). The number of nitrogens with zero attached hydrogens (tertiary/aromatic N) is 1. The Hall–Kier alpha value is -2.96. The minimum Gasteiger partial charge on any atom is -0.462 e. The first-order valence-electron chi connectivity index (χ1n) is 11.7. The Morgan fingerprint density at radius 3 is 2.68 bits per heavy atom. The number of hydrogen-bond donors (Lipinski definition) is 0. The first-order valence-corrected chi connectivity index (χ1v) is 11.7. The van der Waals surface area contributed by atoms with Crippen LogP contribution < -0.4 is 0 Å². The van der Waals surface area contributed by atoms with Gasteiger partial charge in [0, 0.05) is 30.5 Å². The summed E-state index contributed by atoms with van der Waals surface area (Å²) in [5, 5.41) is 0. The molecule has 2 heterocycles. The number of carbonyl (C=O) groups excluding carboxylic acids is 2. The monoisotopic (exact) mass is 469 g/mol. The van der Waals surface area contributed by atoms with E-state index in [1.165, 1.54) is 6.07 Å². The third-order valence-electron chi connectivity index (χ3n) is 7.77. The second-order valence-corrected chi connectivity index (χ2v) is 9.75. The molecular formula is C27H26F3NO3. The SMILES string of the molecule is C[C@H]1OC(=O)C2CC3CCC(=O)CC3[C@H](/C=C/c3ccc(-c4cccc(C(F)(F)F)c4)cn3)C21. The number of Topliss-reactive ketones (excluding diaryl/α,β-unsaturated/α-hetero) is 1. The molecule has 4 nitrogen and oxygen atoms in total. The summed E-state index contributed by atoms with van der Waals surface area (Å²) in [5.74, 6) is 0.632. The summed E-state index contributed by atoms with van der Waals surface area (Å²) in [6, 6.07) is 8.71. The fourth-order valence-electron chi connectivity index (χ4n) is 6.15. The fraction of sp³-hybridized carbons (Fsp3) is 0.444. The maximum Gasteiger partial charge on any atom is 0.416 e. The summed E-state index contributed by atoms with van der Waals surface area (Å²) < 4.78 is 44.7. The quantitative estimate of drug-likeness (QED) is 0.520. The Morgan fingerprint density at radius 1 is 1.12 bits per heavy atom. The minimum absolute atomic E-state index is 0.0411. The lowest BCUT2D eigenvalue weighted by molar-refractivity contribution is -0.144. The molecule has 6 atom stereocenters. The highest BCUT2D eigenvalue weighted by Crippen LogP contribution is 2.53. The number of halogens is 3. The highest BCUT2D eigenvalue weighted by Gasteiger charge is 2.54. The molecule has 178 valence electrons. The number of hydrogen-bond acceptors (Lipinski definition) is 4. The number of esters is 1. The molecule has 7 heteroatoms. The van der Waals surface area contributed by atoms with Crippen LogP contribution >= 0.6 is 0 Å². The van der Waals surface area contributed by atoms with Crippen molar-refractivity contribution in [3.63, 3.8) is 0 Å². The highest BCUT2D eigenvalue weighted by atomic mass is 19.4. The van der Waals surface area contributed by atoms with Gasteiger partial charge in [0.05, 0.1) is 17.2 Å². The average molecular weight is 470 g/mol. The third kappa shape index (κ3) is 4.28. The molecule has 34 heavy (non-hydrogen) atoms. The van der Waals surface area contributed by atoms with Crippen molar-refractivity contribution in [2.45, 2.75) is 44.9 Å². The number of benzene rings is 1. The predicted octanol–water partition coefficient (Wildman–Crippen LogP) is 5.96. The zero-order chi connectivity index (χ0) is 24.0. The summed E-state index contributed by atoms with van der Waals surface area (Å²) in [7, 11) is 0. The molecule has 1 aromatic carbocycles. The van der Waals surface area contributed by atoms with Crippen molar-refractivity contribution in [3.8, 4) is 11.1 Å². The molecule has 3 aliphatic rings. The number of alkyl halides is 3. The van der Waals surface area contributed by atoms with Gasteiger partial charge in [-0.25, -0.2) is 0 Å². The number of aromatic nitrogens is 1. The van der Waals surface area contributed by atoms with Gasteiger partial charge in [0.15, 0.2) is 0 Å². The van der Waals surface area contributed by atoms with Crippen LogP contribution in [-0.4, -0.2) is 22.8 Å². The number of ether oxygens (including phenoxy) is 1. The second-order valence-electron chi connectivity index (χ2n) is 9.75. The normalized spacial score (nSPS) is 31.3. The van der Waals surface area contributed by atoms with E-state index in [1.54, 1.807) is 24.4 Å². The zero-order valence-corrected chi connectivity index (χ0v) is 18.8. The second kappa shape index (κ2) is 8.67. The van der Waals surface area contributed by atoms with Gasteiger partial charge in [-0.15, -0.1) is 0 Å². The number of fused-ring (bicyclic) bond motifs is 2. The Balaban J connectivity index is 1.39. The van der Waals surface area contributed by atoms with Gasteiger partial charge in [0.2, 0.25) is 0 Å². The van der Waals surface area contributed by atoms with Crippen molar-refractivity contribution in [1.82, 2.24) is 4.98 Å². The molecule has 1 saturated heterocycles. The van der Waals surface area contributed by atoms with Crippen LogP contribution in [0.3, 0.4) is 0 Å². The van der Waals surface area contributed by atoms with Crippen molar-refractivity contribution in [1.29, 1.82) is 0 Å².